The Hall–Kier alpha value is -3.67. The van der Waals surface area contributed by atoms with Crippen molar-refractivity contribution in [3.05, 3.63) is 83.2 Å². The summed E-state index contributed by atoms with van der Waals surface area (Å²) < 4.78 is 10.6. The SMILES string of the molecule is Cc1ccc(-c2cc(C(=O)NCc3cc(-c4ccccc4)no3)no2)cc1C. The summed E-state index contributed by atoms with van der Waals surface area (Å²) >= 11 is 0. The van der Waals surface area contributed by atoms with Gasteiger partial charge in [0.1, 0.15) is 5.69 Å². The molecule has 2 aromatic heterocycles. The van der Waals surface area contributed by atoms with E-state index in [0.717, 1.165) is 22.4 Å². The van der Waals surface area contributed by atoms with E-state index in [1.807, 2.05) is 62.4 Å². The van der Waals surface area contributed by atoms with E-state index in [0.29, 0.717) is 11.5 Å². The van der Waals surface area contributed by atoms with Crippen molar-refractivity contribution in [1.82, 2.24) is 15.6 Å². The second-order valence-corrected chi connectivity index (χ2v) is 6.60. The molecule has 0 aliphatic rings. The zero-order valence-corrected chi connectivity index (χ0v) is 15.6. The molecule has 0 saturated heterocycles. The average Bonchev–Trinajstić information content (AvgIpc) is 3.39. The molecule has 0 atom stereocenters. The van der Waals surface area contributed by atoms with Crippen LogP contribution in [0.3, 0.4) is 0 Å². The Morgan fingerprint density at radius 2 is 1.71 bits per heavy atom. The highest BCUT2D eigenvalue weighted by atomic mass is 16.5. The molecule has 2 heterocycles. The van der Waals surface area contributed by atoms with Crippen molar-refractivity contribution in [1.29, 1.82) is 0 Å². The smallest absolute Gasteiger partial charge is 0.273 e. The Bertz CT molecular complexity index is 1110. The predicted molar refractivity (Wildman–Crippen MR) is 105 cm³/mol. The summed E-state index contributed by atoms with van der Waals surface area (Å²) in [5, 5.41) is 10.7. The van der Waals surface area contributed by atoms with Crippen molar-refractivity contribution in [3.8, 4) is 22.6 Å². The molecule has 4 rings (SSSR count). The summed E-state index contributed by atoms with van der Waals surface area (Å²) in [7, 11) is 0. The molecule has 1 N–H and O–H groups in total. The molecular weight excluding hydrogens is 354 g/mol. The van der Waals surface area contributed by atoms with E-state index in [-0.39, 0.29) is 18.1 Å². The van der Waals surface area contributed by atoms with Gasteiger partial charge in [-0.2, -0.15) is 0 Å². The third kappa shape index (κ3) is 3.71. The number of rotatable bonds is 5. The van der Waals surface area contributed by atoms with Crippen LogP contribution in [0.1, 0.15) is 27.4 Å². The summed E-state index contributed by atoms with van der Waals surface area (Å²) in [6.07, 6.45) is 0. The van der Waals surface area contributed by atoms with Gasteiger partial charge < -0.3 is 14.4 Å². The molecule has 1 amide bonds. The number of carbonyl (C=O) groups excluding carboxylic acids is 1. The van der Waals surface area contributed by atoms with E-state index in [1.165, 1.54) is 5.56 Å². The van der Waals surface area contributed by atoms with Crippen LogP contribution in [0.2, 0.25) is 0 Å². The third-order valence-corrected chi connectivity index (χ3v) is 4.59. The maximum absolute atomic E-state index is 12.4. The molecule has 0 aliphatic heterocycles. The highest BCUT2D eigenvalue weighted by Gasteiger charge is 2.15. The van der Waals surface area contributed by atoms with E-state index >= 15 is 0 Å². The Morgan fingerprint density at radius 1 is 0.893 bits per heavy atom. The Kier molecular flexibility index (Phi) is 4.76. The lowest BCUT2D eigenvalue weighted by Crippen LogP contribution is -2.22. The first-order valence-corrected chi connectivity index (χ1v) is 8.94. The molecule has 0 bridgehead atoms. The van der Waals surface area contributed by atoms with E-state index in [2.05, 4.69) is 15.6 Å². The molecule has 6 heteroatoms. The summed E-state index contributed by atoms with van der Waals surface area (Å²) in [6, 6.07) is 19.1. The first-order chi connectivity index (χ1) is 13.6. The molecule has 0 spiro atoms. The third-order valence-electron chi connectivity index (χ3n) is 4.59. The molecule has 0 saturated carbocycles. The lowest BCUT2D eigenvalue weighted by Gasteiger charge is -2.01. The Morgan fingerprint density at radius 3 is 2.50 bits per heavy atom. The second kappa shape index (κ2) is 7.52. The molecule has 2 aromatic carbocycles. The van der Waals surface area contributed by atoms with Gasteiger partial charge in [0.05, 0.1) is 6.54 Å². The molecule has 4 aromatic rings. The van der Waals surface area contributed by atoms with Gasteiger partial charge in [0.15, 0.2) is 17.2 Å². The number of aryl methyl sites for hydroxylation is 2. The largest absolute Gasteiger partial charge is 0.359 e. The molecule has 6 nitrogen and oxygen atoms in total. The fourth-order valence-electron chi connectivity index (χ4n) is 2.81. The van der Waals surface area contributed by atoms with Crippen molar-refractivity contribution in [2.75, 3.05) is 0 Å². The summed E-state index contributed by atoms with van der Waals surface area (Å²) in [6.45, 7) is 4.29. The Labute approximate surface area is 162 Å². The number of hydrogen-bond donors (Lipinski definition) is 1. The first kappa shape index (κ1) is 17.7. The number of amides is 1. The lowest BCUT2D eigenvalue weighted by molar-refractivity contribution is 0.0938. The number of aromatic nitrogens is 2. The standard InChI is InChI=1S/C22H19N3O3/c1-14-8-9-17(10-15(14)2)21-12-20(25-28-21)22(26)23-13-18-11-19(24-27-18)16-6-4-3-5-7-16/h3-12H,13H2,1-2H3,(H,23,26). The Balaban J connectivity index is 1.41. The van der Waals surface area contributed by atoms with Crippen molar-refractivity contribution in [2.24, 2.45) is 0 Å². The zero-order chi connectivity index (χ0) is 19.5. The van der Waals surface area contributed by atoms with Crippen LogP contribution in [0, 0.1) is 13.8 Å². The minimum absolute atomic E-state index is 0.213. The van der Waals surface area contributed by atoms with Crippen LogP contribution in [0.4, 0.5) is 0 Å². The van der Waals surface area contributed by atoms with Gasteiger partial charge in [-0.15, -0.1) is 0 Å². The van der Waals surface area contributed by atoms with Crippen LogP contribution in [-0.2, 0) is 6.54 Å². The number of nitrogens with zero attached hydrogens (tertiary/aromatic N) is 2. The van der Waals surface area contributed by atoms with Crippen LogP contribution >= 0.6 is 0 Å². The maximum Gasteiger partial charge on any atom is 0.273 e. The summed E-state index contributed by atoms with van der Waals surface area (Å²) in [5.41, 5.74) is 5.14. The molecule has 140 valence electrons. The highest BCUT2D eigenvalue weighted by molar-refractivity contribution is 5.93. The van der Waals surface area contributed by atoms with E-state index < -0.39 is 0 Å². The van der Waals surface area contributed by atoms with Gasteiger partial charge >= 0.3 is 0 Å². The fourth-order valence-corrected chi connectivity index (χ4v) is 2.81. The topological polar surface area (TPSA) is 81.2 Å². The number of benzene rings is 2. The first-order valence-electron chi connectivity index (χ1n) is 8.94. The summed E-state index contributed by atoms with van der Waals surface area (Å²) in [5.74, 6) is 0.779. The van der Waals surface area contributed by atoms with Gasteiger partial charge in [0, 0.05) is 23.3 Å². The van der Waals surface area contributed by atoms with Crippen molar-refractivity contribution in [2.45, 2.75) is 20.4 Å². The van der Waals surface area contributed by atoms with Crippen LogP contribution < -0.4 is 5.32 Å². The van der Waals surface area contributed by atoms with Crippen molar-refractivity contribution < 1.29 is 13.8 Å². The van der Waals surface area contributed by atoms with Crippen molar-refractivity contribution >= 4 is 5.91 Å². The van der Waals surface area contributed by atoms with Gasteiger partial charge in [-0.1, -0.05) is 52.8 Å². The van der Waals surface area contributed by atoms with Gasteiger partial charge in [-0.25, -0.2) is 0 Å². The fraction of sp³-hybridized carbons (Fsp3) is 0.136. The lowest BCUT2D eigenvalue weighted by atomic mass is 10.0. The van der Waals surface area contributed by atoms with Crippen LogP contribution in [0.5, 0.6) is 0 Å². The molecule has 0 fully saturated rings. The van der Waals surface area contributed by atoms with E-state index in [4.69, 9.17) is 9.05 Å². The summed E-state index contributed by atoms with van der Waals surface area (Å²) in [4.78, 5) is 12.4. The monoisotopic (exact) mass is 373 g/mol. The van der Waals surface area contributed by atoms with Crippen LogP contribution in [0.15, 0.2) is 69.7 Å². The average molecular weight is 373 g/mol. The molecule has 0 radical (unpaired) electrons. The van der Waals surface area contributed by atoms with Gasteiger partial charge in [0.25, 0.3) is 5.91 Å². The quantitative estimate of drug-likeness (QED) is 0.555. The van der Waals surface area contributed by atoms with Gasteiger partial charge in [0.2, 0.25) is 0 Å². The molecular formula is C22H19N3O3. The second-order valence-electron chi connectivity index (χ2n) is 6.60. The maximum atomic E-state index is 12.4. The van der Waals surface area contributed by atoms with Gasteiger partial charge in [-0.05, 0) is 31.0 Å². The molecule has 28 heavy (non-hydrogen) atoms. The molecule has 0 unspecified atom stereocenters. The van der Waals surface area contributed by atoms with Crippen LogP contribution in [0.25, 0.3) is 22.6 Å². The van der Waals surface area contributed by atoms with Crippen LogP contribution in [-0.4, -0.2) is 16.2 Å². The molecule has 0 aliphatic carbocycles. The minimum Gasteiger partial charge on any atom is -0.359 e. The zero-order valence-electron chi connectivity index (χ0n) is 15.6. The van der Waals surface area contributed by atoms with Gasteiger partial charge in [-0.3, -0.25) is 4.79 Å². The predicted octanol–water partition coefficient (Wildman–Crippen LogP) is 4.54. The minimum atomic E-state index is -0.337. The number of carbonyl (C=O) groups is 1. The normalized spacial score (nSPS) is 10.8. The van der Waals surface area contributed by atoms with Crippen molar-refractivity contribution in [3.63, 3.8) is 0 Å². The number of nitrogens with one attached hydrogen (secondary N) is 1. The highest BCUT2D eigenvalue weighted by Crippen LogP contribution is 2.23. The van der Waals surface area contributed by atoms with E-state index in [1.54, 1.807) is 12.1 Å². The van der Waals surface area contributed by atoms with E-state index in [9.17, 15) is 4.79 Å². The number of hydrogen-bond acceptors (Lipinski definition) is 5.